The van der Waals surface area contributed by atoms with Gasteiger partial charge in [0.25, 0.3) is 17.3 Å². The van der Waals surface area contributed by atoms with Crippen LogP contribution in [0.4, 0.5) is 11.4 Å². The molecular formula is C21H19N3O5. The zero-order valence-corrected chi connectivity index (χ0v) is 15.4. The van der Waals surface area contributed by atoms with Crippen molar-refractivity contribution < 1.29 is 14.6 Å². The average molecular weight is 393 g/mol. The second-order valence-electron chi connectivity index (χ2n) is 6.09. The maximum Gasteiger partial charge on any atom is 0.276 e. The van der Waals surface area contributed by atoms with Gasteiger partial charge in [-0.1, -0.05) is 48.6 Å². The molecule has 1 atom stereocenters. The second kappa shape index (κ2) is 9.75. The smallest absolute Gasteiger partial charge is 0.276 e. The van der Waals surface area contributed by atoms with E-state index in [9.17, 15) is 25.0 Å². The third kappa shape index (κ3) is 5.96. The lowest BCUT2D eigenvalue weighted by Gasteiger charge is -2.28. The molecule has 0 aliphatic heterocycles. The van der Waals surface area contributed by atoms with Crippen LogP contribution in [0.25, 0.3) is 0 Å². The molecule has 148 valence electrons. The highest BCUT2D eigenvalue weighted by molar-refractivity contribution is 5.95. The molecule has 29 heavy (non-hydrogen) atoms. The first-order chi connectivity index (χ1) is 13.9. The standard InChI is InChI=1S/C15H15NO.C6H4N2O4/c1-2-15(11-7-4-8-12-15)16-14(17)13-9-5-3-6-10-13;9-7(10)5-2-1-3-6(4-5)8(11)12/h2-11H,1,12H2,(H,16,17);1-4H. The molecule has 1 aliphatic rings. The van der Waals surface area contributed by atoms with Gasteiger partial charge in [0.05, 0.1) is 21.5 Å². The molecule has 2 aromatic carbocycles. The van der Waals surface area contributed by atoms with Crippen LogP contribution in [0.3, 0.4) is 0 Å². The van der Waals surface area contributed by atoms with Crippen molar-refractivity contribution in [3.8, 4) is 0 Å². The zero-order valence-electron chi connectivity index (χ0n) is 15.4. The predicted octanol–water partition coefficient (Wildman–Crippen LogP) is 4.36. The molecule has 0 heterocycles. The average Bonchev–Trinajstić information content (AvgIpc) is 2.75. The summed E-state index contributed by atoms with van der Waals surface area (Å²) in [6.45, 7) is 3.80. The number of nitro benzene ring substituents is 2. The van der Waals surface area contributed by atoms with Gasteiger partial charge in [0, 0.05) is 17.7 Å². The molecular weight excluding hydrogens is 374 g/mol. The van der Waals surface area contributed by atoms with E-state index in [1.807, 2.05) is 42.5 Å². The summed E-state index contributed by atoms with van der Waals surface area (Å²) in [5.74, 6) is -0.0783. The van der Waals surface area contributed by atoms with E-state index in [1.54, 1.807) is 18.2 Å². The van der Waals surface area contributed by atoms with Crippen molar-refractivity contribution in [3.05, 3.63) is 117 Å². The number of benzene rings is 2. The Balaban J connectivity index is 0.000000221. The molecule has 1 aliphatic carbocycles. The van der Waals surface area contributed by atoms with Crippen LogP contribution in [-0.2, 0) is 0 Å². The number of hydrogen-bond acceptors (Lipinski definition) is 5. The van der Waals surface area contributed by atoms with Crippen molar-refractivity contribution in [3.63, 3.8) is 0 Å². The molecule has 0 radical (unpaired) electrons. The first-order valence-corrected chi connectivity index (χ1v) is 8.61. The van der Waals surface area contributed by atoms with E-state index < -0.39 is 15.4 Å². The minimum atomic E-state index is -0.674. The van der Waals surface area contributed by atoms with Crippen LogP contribution < -0.4 is 5.32 Å². The van der Waals surface area contributed by atoms with E-state index in [0.29, 0.717) is 5.56 Å². The van der Waals surface area contributed by atoms with Gasteiger partial charge < -0.3 is 5.32 Å². The fourth-order valence-electron chi connectivity index (χ4n) is 2.53. The van der Waals surface area contributed by atoms with Crippen LogP contribution in [-0.4, -0.2) is 21.3 Å². The van der Waals surface area contributed by atoms with E-state index in [0.717, 1.165) is 12.5 Å². The largest absolute Gasteiger partial charge is 0.339 e. The topological polar surface area (TPSA) is 115 Å². The van der Waals surface area contributed by atoms with Crippen molar-refractivity contribution in [1.82, 2.24) is 5.32 Å². The number of carbonyl (C=O) groups is 1. The number of carbonyl (C=O) groups excluding carboxylic acids is 1. The van der Waals surface area contributed by atoms with Gasteiger partial charge in [-0.2, -0.15) is 0 Å². The van der Waals surface area contributed by atoms with Gasteiger partial charge in [0.2, 0.25) is 0 Å². The Morgan fingerprint density at radius 1 is 1.00 bits per heavy atom. The van der Waals surface area contributed by atoms with Crippen LogP contribution in [0, 0.1) is 20.2 Å². The quantitative estimate of drug-likeness (QED) is 0.460. The van der Waals surface area contributed by atoms with Gasteiger partial charge in [-0.25, -0.2) is 0 Å². The van der Waals surface area contributed by atoms with Gasteiger partial charge >= 0.3 is 0 Å². The molecule has 3 rings (SSSR count). The maximum atomic E-state index is 12.1. The van der Waals surface area contributed by atoms with E-state index in [1.165, 1.54) is 18.2 Å². The monoisotopic (exact) mass is 393 g/mol. The van der Waals surface area contributed by atoms with Crippen LogP contribution >= 0.6 is 0 Å². The summed E-state index contributed by atoms with van der Waals surface area (Å²) in [7, 11) is 0. The minimum Gasteiger partial charge on any atom is -0.339 e. The highest BCUT2D eigenvalue weighted by atomic mass is 16.6. The molecule has 0 saturated carbocycles. The summed E-state index contributed by atoms with van der Waals surface area (Å²) >= 11 is 0. The maximum absolute atomic E-state index is 12.1. The number of allylic oxidation sites excluding steroid dienone is 2. The minimum absolute atomic E-state index is 0.0783. The van der Waals surface area contributed by atoms with E-state index in [-0.39, 0.29) is 17.3 Å². The molecule has 0 saturated heterocycles. The Hall–Kier alpha value is -4.07. The summed E-state index contributed by atoms with van der Waals surface area (Å²) in [5.41, 5.74) is -0.341. The summed E-state index contributed by atoms with van der Waals surface area (Å²) in [6, 6.07) is 13.8. The summed E-state index contributed by atoms with van der Waals surface area (Å²) in [6.07, 6.45) is 10.4. The van der Waals surface area contributed by atoms with Gasteiger partial charge in [0.1, 0.15) is 0 Å². The lowest BCUT2D eigenvalue weighted by atomic mass is 9.91. The van der Waals surface area contributed by atoms with Gasteiger partial charge in [0.15, 0.2) is 0 Å². The normalized spacial score (nSPS) is 16.8. The first-order valence-electron chi connectivity index (χ1n) is 8.61. The Morgan fingerprint density at radius 3 is 2.10 bits per heavy atom. The number of hydrogen-bond donors (Lipinski definition) is 1. The summed E-state index contributed by atoms with van der Waals surface area (Å²) in [5, 5.41) is 23.3. The van der Waals surface area contributed by atoms with Crippen LogP contribution in [0.15, 0.2) is 91.6 Å². The highest BCUT2D eigenvalue weighted by Crippen LogP contribution is 2.20. The molecule has 0 bridgehead atoms. The Morgan fingerprint density at radius 2 is 1.62 bits per heavy atom. The number of non-ortho nitro benzene ring substituents is 2. The summed E-state index contributed by atoms with van der Waals surface area (Å²) < 4.78 is 0. The molecule has 2 aromatic rings. The molecule has 1 unspecified atom stereocenters. The third-order valence-electron chi connectivity index (χ3n) is 4.09. The Bertz CT molecular complexity index is 940. The molecule has 8 heteroatoms. The lowest BCUT2D eigenvalue weighted by molar-refractivity contribution is -0.394. The van der Waals surface area contributed by atoms with Crippen molar-refractivity contribution in [2.24, 2.45) is 0 Å². The first kappa shape index (κ1) is 21.2. The SMILES string of the molecule is C=CC1(NC(=O)c2ccccc2)C=CC=CC1.O=[N+]([O-])c1cccc([N+](=O)[O-])c1. The van der Waals surface area contributed by atoms with Gasteiger partial charge in [-0.15, -0.1) is 6.58 Å². The van der Waals surface area contributed by atoms with Crippen molar-refractivity contribution in [2.75, 3.05) is 0 Å². The van der Waals surface area contributed by atoms with E-state index in [4.69, 9.17) is 0 Å². The number of nitrogens with one attached hydrogen (secondary N) is 1. The van der Waals surface area contributed by atoms with Gasteiger partial charge in [-0.3, -0.25) is 25.0 Å². The van der Waals surface area contributed by atoms with Gasteiger partial charge in [-0.05, 0) is 24.6 Å². The predicted molar refractivity (Wildman–Crippen MR) is 109 cm³/mol. The van der Waals surface area contributed by atoms with Crippen LogP contribution in [0.1, 0.15) is 16.8 Å². The molecule has 0 spiro atoms. The Kier molecular flexibility index (Phi) is 7.14. The molecule has 0 fully saturated rings. The molecule has 1 amide bonds. The number of amides is 1. The zero-order chi connectivity index (χ0) is 21.3. The van der Waals surface area contributed by atoms with Crippen molar-refractivity contribution >= 4 is 17.3 Å². The number of nitro groups is 2. The van der Waals surface area contributed by atoms with Crippen LogP contribution in [0.5, 0.6) is 0 Å². The Labute approximate surface area is 167 Å². The number of rotatable bonds is 5. The fourth-order valence-corrected chi connectivity index (χ4v) is 2.53. The lowest BCUT2D eigenvalue weighted by Crippen LogP contribution is -2.45. The summed E-state index contributed by atoms with van der Waals surface area (Å²) in [4.78, 5) is 31.0. The number of nitrogens with zero attached hydrogens (tertiary/aromatic N) is 2. The molecule has 1 N–H and O–H groups in total. The fraction of sp³-hybridized carbons (Fsp3) is 0.0952. The van der Waals surface area contributed by atoms with Crippen molar-refractivity contribution in [1.29, 1.82) is 0 Å². The highest BCUT2D eigenvalue weighted by Gasteiger charge is 2.25. The molecule has 0 aromatic heterocycles. The second-order valence-corrected chi connectivity index (χ2v) is 6.09. The van der Waals surface area contributed by atoms with Crippen molar-refractivity contribution in [2.45, 2.75) is 12.0 Å². The van der Waals surface area contributed by atoms with Crippen LogP contribution in [0.2, 0.25) is 0 Å². The molecule has 8 nitrogen and oxygen atoms in total. The third-order valence-corrected chi connectivity index (χ3v) is 4.09. The van der Waals surface area contributed by atoms with E-state index in [2.05, 4.69) is 11.9 Å². The van der Waals surface area contributed by atoms with E-state index >= 15 is 0 Å².